The van der Waals surface area contributed by atoms with Gasteiger partial charge >= 0.3 is 0 Å². The predicted molar refractivity (Wildman–Crippen MR) is 113 cm³/mol. The Balaban J connectivity index is 1.81. The monoisotopic (exact) mass is 427 g/mol. The maximum atomic E-state index is 13.5. The number of fused-ring (bicyclic) bond motifs is 3. The van der Waals surface area contributed by atoms with Crippen LogP contribution in [0.2, 0.25) is 0 Å². The van der Waals surface area contributed by atoms with Crippen LogP contribution < -0.4 is 10.6 Å². The van der Waals surface area contributed by atoms with Gasteiger partial charge in [0, 0.05) is 23.7 Å². The summed E-state index contributed by atoms with van der Waals surface area (Å²) in [4.78, 5) is 28.3. The summed E-state index contributed by atoms with van der Waals surface area (Å²) in [6.07, 6.45) is 0. The van der Waals surface area contributed by atoms with E-state index < -0.39 is 10.3 Å². The minimum atomic E-state index is -1.19. The fourth-order valence-corrected chi connectivity index (χ4v) is 7.05. The van der Waals surface area contributed by atoms with E-state index in [4.69, 9.17) is 12.2 Å². The number of aromatic hydroxyl groups is 2. The van der Waals surface area contributed by atoms with E-state index >= 15 is 0 Å². The van der Waals surface area contributed by atoms with E-state index in [9.17, 15) is 19.8 Å². The summed E-state index contributed by atoms with van der Waals surface area (Å²) < 4.78 is -1.10. The Hall–Kier alpha value is -2.62. The number of phenols is 2. The second kappa shape index (κ2) is 5.94. The van der Waals surface area contributed by atoms with Crippen molar-refractivity contribution in [1.82, 2.24) is 10.2 Å². The Bertz CT molecular complexity index is 1110. The lowest BCUT2D eigenvalue weighted by Crippen LogP contribution is -2.61. The molecule has 3 heterocycles. The number of benzene rings is 2. The maximum Gasteiger partial charge on any atom is 0.284 e. The molecular weight excluding hydrogens is 410 g/mol. The fraction of sp³-hybridized carbons (Fsp3) is 0.250. The molecule has 0 saturated carbocycles. The molecule has 0 aliphatic carbocycles. The van der Waals surface area contributed by atoms with Gasteiger partial charge < -0.3 is 20.8 Å². The number of rotatable bonds is 1. The second-order valence-electron chi connectivity index (χ2n) is 7.47. The molecule has 3 atom stereocenters. The van der Waals surface area contributed by atoms with Crippen molar-refractivity contribution in [3.05, 3.63) is 53.6 Å². The molecule has 2 amide bonds. The molecule has 0 unspecified atom stereocenters. The molecule has 4 N–H and O–H groups in total. The van der Waals surface area contributed by atoms with Crippen LogP contribution in [0.25, 0.3) is 0 Å². The number of phenolic OH excluding ortho intramolecular Hbond substituents is 2. The number of carbonyl (C=O) groups excluding carboxylic acids is 2. The van der Waals surface area contributed by atoms with Crippen LogP contribution in [-0.2, 0) is 10.3 Å². The highest BCUT2D eigenvalue weighted by Gasteiger charge is 2.75. The highest BCUT2D eigenvalue weighted by atomic mass is 32.2. The van der Waals surface area contributed by atoms with Crippen LogP contribution in [0.5, 0.6) is 11.5 Å². The number of nitrogens with one attached hydrogen (secondary N) is 2. The smallest absolute Gasteiger partial charge is 0.284 e. The molecular formula is C20H17N3O4S2. The number of thioether (sulfide) groups is 1. The lowest BCUT2D eigenvalue weighted by molar-refractivity contribution is -0.125. The number of amides is 2. The summed E-state index contributed by atoms with van der Waals surface area (Å²) in [6, 6.07) is 12.0. The van der Waals surface area contributed by atoms with E-state index in [0.717, 1.165) is 17.3 Å². The minimum absolute atomic E-state index is 0.233. The highest BCUT2D eigenvalue weighted by Crippen LogP contribution is 2.64. The van der Waals surface area contributed by atoms with Crippen molar-refractivity contribution in [3.63, 3.8) is 0 Å². The van der Waals surface area contributed by atoms with Crippen LogP contribution in [0, 0.1) is 0 Å². The van der Waals surface area contributed by atoms with Crippen LogP contribution in [0.15, 0.2) is 42.5 Å². The Morgan fingerprint density at radius 2 is 1.90 bits per heavy atom. The number of likely N-dealkylation sites (N-methyl/N-ethyl adjacent to an activating group) is 1. The SMILES string of the molecule is CN1C[C@H](c2ccc(O)c(O)c2)[C@]2(SC(=O)NC2=S)[C@]12C(=O)Nc1ccccc12. The van der Waals surface area contributed by atoms with Crippen LogP contribution in [0.3, 0.4) is 0 Å². The molecule has 2 spiro atoms. The quantitative estimate of drug-likeness (QED) is 0.410. The lowest BCUT2D eigenvalue weighted by atomic mass is 9.72. The molecule has 0 bridgehead atoms. The van der Waals surface area contributed by atoms with Gasteiger partial charge in [-0.15, -0.1) is 0 Å². The molecule has 2 aromatic rings. The van der Waals surface area contributed by atoms with E-state index in [1.807, 2.05) is 36.2 Å². The fourth-order valence-electron chi connectivity index (χ4n) is 5.03. The average molecular weight is 428 g/mol. The van der Waals surface area contributed by atoms with Crippen LogP contribution in [-0.4, -0.2) is 49.6 Å². The number of hydrogen-bond acceptors (Lipinski definition) is 7. The average Bonchev–Trinajstić information content (AvgIpc) is 3.24. The van der Waals surface area contributed by atoms with Crippen LogP contribution in [0.1, 0.15) is 17.0 Å². The molecule has 5 rings (SSSR count). The van der Waals surface area contributed by atoms with Gasteiger partial charge in [-0.05, 0) is 42.6 Å². The Morgan fingerprint density at radius 1 is 1.14 bits per heavy atom. The third-order valence-corrected chi connectivity index (χ3v) is 8.11. The molecule has 148 valence electrons. The first-order valence-corrected chi connectivity index (χ1v) is 10.2. The molecule has 2 aromatic carbocycles. The number of thiocarbonyl (C=S) groups is 1. The molecule has 3 aliphatic heterocycles. The van der Waals surface area contributed by atoms with Crippen LogP contribution in [0.4, 0.5) is 10.5 Å². The van der Waals surface area contributed by atoms with Gasteiger partial charge in [0.15, 0.2) is 17.0 Å². The van der Waals surface area contributed by atoms with E-state index in [1.165, 1.54) is 12.1 Å². The van der Waals surface area contributed by atoms with Crippen molar-refractivity contribution in [3.8, 4) is 11.5 Å². The summed E-state index contributed by atoms with van der Waals surface area (Å²) in [5.74, 6) is -1.11. The van der Waals surface area contributed by atoms with Crippen molar-refractivity contribution >= 4 is 45.8 Å². The summed E-state index contributed by atoms with van der Waals surface area (Å²) in [5.41, 5.74) is 0.959. The number of nitrogens with zero attached hydrogens (tertiary/aromatic N) is 1. The van der Waals surface area contributed by atoms with Gasteiger partial charge in [0.05, 0.1) is 0 Å². The van der Waals surface area contributed by atoms with Crippen molar-refractivity contribution in [1.29, 1.82) is 0 Å². The third kappa shape index (κ3) is 2.09. The van der Waals surface area contributed by atoms with E-state index in [2.05, 4.69) is 10.6 Å². The third-order valence-electron chi connectivity index (χ3n) is 6.16. The molecule has 2 saturated heterocycles. The zero-order valence-electron chi connectivity index (χ0n) is 15.3. The predicted octanol–water partition coefficient (Wildman–Crippen LogP) is 2.50. The minimum Gasteiger partial charge on any atom is -0.504 e. The van der Waals surface area contributed by atoms with E-state index in [1.54, 1.807) is 6.07 Å². The van der Waals surface area contributed by atoms with Gasteiger partial charge in [0.1, 0.15) is 9.74 Å². The summed E-state index contributed by atoms with van der Waals surface area (Å²) >= 11 is 6.70. The zero-order chi connectivity index (χ0) is 20.6. The summed E-state index contributed by atoms with van der Waals surface area (Å²) in [5, 5.41) is 25.2. The number of carbonyl (C=O) groups is 2. The molecule has 0 aromatic heterocycles. The van der Waals surface area contributed by atoms with Crippen LogP contribution >= 0.6 is 24.0 Å². The van der Waals surface area contributed by atoms with Gasteiger partial charge in [0.2, 0.25) is 0 Å². The van der Waals surface area contributed by atoms with E-state index in [0.29, 0.717) is 22.8 Å². The van der Waals surface area contributed by atoms with Gasteiger partial charge in [0.25, 0.3) is 11.1 Å². The van der Waals surface area contributed by atoms with Gasteiger partial charge in [-0.1, -0.05) is 36.5 Å². The maximum absolute atomic E-state index is 13.5. The van der Waals surface area contributed by atoms with E-state index in [-0.39, 0.29) is 28.6 Å². The molecule has 3 aliphatic rings. The lowest BCUT2D eigenvalue weighted by Gasteiger charge is -2.42. The topological polar surface area (TPSA) is 102 Å². The number of para-hydroxylation sites is 1. The number of anilines is 1. The number of hydrogen-bond donors (Lipinski definition) is 4. The first kappa shape index (κ1) is 18.4. The van der Waals surface area contributed by atoms with Crippen molar-refractivity contribution in [2.24, 2.45) is 0 Å². The Kier molecular flexibility index (Phi) is 3.77. The summed E-state index contributed by atoms with van der Waals surface area (Å²) in [6.45, 7) is 0.425. The van der Waals surface area contributed by atoms with Crippen molar-refractivity contribution in [2.75, 3.05) is 18.9 Å². The molecule has 0 radical (unpaired) electrons. The normalized spacial score (nSPS) is 30.8. The first-order valence-electron chi connectivity index (χ1n) is 9.01. The second-order valence-corrected chi connectivity index (χ2v) is 9.10. The van der Waals surface area contributed by atoms with Gasteiger partial charge in [-0.2, -0.15) is 0 Å². The first-order chi connectivity index (χ1) is 13.8. The van der Waals surface area contributed by atoms with Gasteiger partial charge in [-0.3, -0.25) is 14.5 Å². The highest BCUT2D eigenvalue weighted by molar-refractivity contribution is 8.17. The number of likely N-dealkylation sites (tertiary alicyclic amines) is 1. The molecule has 29 heavy (non-hydrogen) atoms. The Morgan fingerprint density at radius 3 is 2.59 bits per heavy atom. The zero-order valence-corrected chi connectivity index (χ0v) is 16.9. The standard InChI is InChI=1S/C20H17N3O4S2/c1-23-9-12(10-6-7-14(24)15(25)8-10)20(17(28)22-18(27)29-20)19(23)11-4-2-3-5-13(11)21-16(19)26/h2-8,12,24-25H,9H2,1H3,(H,21,26)(H,22,27,28)/t12-,19+,20-/m1/s1. The molecule has 9 heteroatoms. The van der Waals surface area contributed by atoms with Crippen molar-refractivity contribution in [2.45, 2.75) is 16.2 Å². The molecule has 7 nitrogen and oxygen atoms in total. The van der Waals surface area contributed by atoms with Crippen molar-refractivity contribution < 1.29 is 19.8 Å². The largest absolute Gasteiger partial charge is 0.504 e. The van der Waals surface area contributed by atoms with Gasteiger partial charge in [-0.25, -0.2) is 0 Å². The molecule has 2 fully saturated rings. The Labute approximate surface area is 176 Å². The summed E-state index contributed by atoms with van der Waals surface area (Å²) in [7, 11) is 1.84.